The molecule has 6 nitrogen and oxygen atoms in total. The van der Waals surface area contributed by atoms with E-state index in [-0.39, 0.29) is 18.9 Å². The van der Waals surface area contributed by atoms with Crippen LogP contribution in [0.3, 0.4) is 0 Å². The van der Waals surface area contributed by atoms with Crippen LogP contribution in [-0.4, -0.2) is 37.5 Å². The van der Waals surface area contributed by atoms with Gasteiger partial charge in [-0.2, -0.15) is 0 Å². The normalized spacial score (nSPS) is 10.6. The van der Waals surface area contributed by atoms with Gasteiger partial charge in [-0.25, -0.2) is 0 Å². The van der Waals surface area contributed by atoms with Crippen molar-refractivity contribution in [3.63, 3.8) is 0 Å². The number of hydrogen-bond acceptors (Lipinski definition) is 4. The van der Waals surface area contributed by atoms with E-state index in [0.717, 1.165) is 11.1 Å². The highest BCUT2D eigenvalue weighted by atomic mass is 16.5. The maximum absolute atomic E-state index is 12.7. The van der Waals surface area contributed by atoms with Crippen LogP contribution in [0.15, 0.2) is 54.6 Å². The molecule has 6 heteroatoms. The van der Waals surface area contributed by atoms with Gasteiger partial charge in [-0.15, -0.1) is 0 Å². The number of ether oxygens (including phenoxy) is 2. The van der Waals surface area contributed by atoms with Crippen LogP contribution in [0.2, 0.25) is 0 Å². The van der Waals surface area contributed by atoms with Crippen LogP contribution < -0.4 is 15.2 Å². The average molecular weight is 368 g/mol. The van der Waals surface area contributed by atoms with Gasteiger partial charge in [0.25, 0.3) is 0 Å². The molecule has 0 radical (unpaired) electrons. The summed E-state index contributed by atoms with van der Waals surface area (Å²) in [5.74, 6) is 0.622. The van der Waals surface area contributed by atoms with Gasteiger partial charge in [-0.05, 0) is 29.3 Å². The lowest BCUT2D eigenvalue weighted by Gasteiger charge is -2.20. The predicted octanol–water partition coefficient (Wildman–Crippen LogP) is 2.62. The number of hydrogen-bond donors (Lipinski definition) is 1. The van der Waals surface area contributed by atoms with E-state index in [0.29, 0.717) is 18.0 Å². The number of benzene rings is 2. The molecule has 0 saturated carbocycles. The summed E-state index contributed by atoms with van der Waals surface area (Å²) in [6, 6.07) is 15.0. The standard InChI is InChI=1S/C21H24N2O4/c1-26-18-12-17(13-19(14-18)27-2)8-9-21(25)23(11-10-20(22)24)15-16-6-4-3-5-7-16/h3-9,12-14H,10-11,15H2,1-2H3,(H2,22,24)/b9-8+. The average Bonchev–Trinajstić information content (AvgIpc) is 2.69. The second-order valence-corrected chi connectivity index (χ2v) is 5.94. The molecular formula is C21H24N2O4. The Bertz CT molecular complexity index is 781. The first-order valence-corrected chi connectivity index (χ1v) is 8.54. The highest BCUT2D eigenvalue weighted by molar-refractivity contribution is 5.92. The Morgan fingerprint density at radius 1 is 1.04 bits per heavy atom. The number of nitrogens with two attached hydrogens (primary N) is 1. The van der Waals surface area contributed by atoms with Crippen LogP contribution in [-0.2, 0) is 16.1 Å². The van der Waals surface area contributed by atoms with E-state index >= 15 is 0 Å². The number of nitrogens with zero attached hydrogens (tertiary/aromatic N) is 1. The smallest absolute Gasteiger partial charge is 0.246 e. The summed E-state index contributed by atoms with van der Waals surface area (Å²) in [6.45, 7) is 0.660. The summed E-state index contributed by atoms with van der Waals surface area (Å²) in [5.41, 5.74) is 6.99. The van der Waals surface area contributed by atoms with Gasteiger partial charge in [-0.1, -0.05) is 30.3 Å². The van der Waals surface area contributed by atoms with Gasteiger partial charge in [0.2, 0.25) is 11.8 Å². The molecule has 0 aliphatic carbocycles. The van der Waals surface area contributed by atoms with E-state index in [1.165, 1.54) is 6.08 Å². The van der Waals surface area contributed by atoms with E-state index in [1.807, 2.05) is 30.3 Å². The molecular weight excluding hydrogens is 344 g/mol. The lowest BCUT2D eigenvalue weighted by molar-refractivity contribution is -0.127. The summed E-state index contributed by atoms with van der Waals surface area (Å²) in [5, 5.41) is 0. The van der Waals surface area contributed by atoms with E-state index in [4.69, 9.17) is 15.2 Å². The number of methoxy groups -OCH3 is 2. The fourth-order valence-electron chi connectivity index (χ4n) is 2.51. The zero-order valence-electron chi connectivity index (χ0n) is 15.6. The first-order valence-electron chi connectivity index (χ1n) is 8.54. The molecule has 0 aliphatic heterocycles. The number of rotatable bonds is 9. The number of carbonyl (C=O) groups is 2. The lowest BCUT2D eigenvalue weighted by Crippen LogP contribution is -2.32. The molecule has 27 heavy (non-hydrogen) atoms. The van der Waals surface area contributed by atoms with Crippen molar-refractivity contribution < 1.29 is 19.1 Å². The van der Waals surface area contributed by atoms with Gasteiger partial charge in [0.05, 0.1) is 14.2 Å². The summed E-state index contributed by atoms with van der Waals surface area (Å²) in [6.07, 6.45) is 3.27. The monoisotopic (exact) mass is 368 g/mol. The van der Waals surface area contributed by atoms with E-state index < -0.39 is 5.91 Å². The number of carbonyl (C=O) groups excluding carboxylic acids is 2. The van der Waals surface area contributed by atoms with Crippen molar-refractivity contribution in [2.75, 3.05) is 20.8 Å². The van der Waals surface area contributed by atoms with Crippen LogP contribution in [0, 0.1) is 0 Å². The molecule has 0 unspecified atom stereocenters. The van der Waals surface area contributed by atoms with Crippen molar-refractivity contribution in [2.45, 2.75) is 13.0 Å². The Morgan fingerprint density at radius 3 is 2.22 bits per heavy atom. The van der Waals surface area contributed by atoms with E-state index in [2.05, 4.69) is 0 Å². The van der Waals surface area contributed by atoms with Crippen LogP contribution in [0.4, 0.5) is 0 Å². The molecule has 0 bridgehead atoms. The van der Waals surface area contributed by atoms with Crippen molar-refractivity contribution in [2.24, 2.45) is 5.73 Å². The van der Waals surface area contributed by atoms with Gasteiger partial charge in [0.1, 0.15) is 11.5 Å². The Labute approximate surface area is 159 Å². The number of primary amides is 1. The molecule has 0 spiro atoms. The van der Waals surface area contributed by atoms with Gasteiger partial charge in [0.15, 0.2) is 0 Å². The molecule has 142 valence electrons. The number of amides is 2. The van der Waals surface area contributed by atoms with Crippen molar-refractivity contribution in [1.29, 1.82) is 0 Å². The summed E-state index contributed by atoms with van der Waals surface area (Å²) < 4.78 is 10.5. The van der Waals surface area contributed by atoms with Gasteiger partial charge in [-0.3, -0.25) is 9.59 Å². The van der Waals surface area contributed by atoms with Crippen molar-refractivity contribution in [1.82, 2.24) is 4.90 Å². The SMILES string of the molecule is COc1cc(/C=C/C(=O)N(CCC(N)=O)Cc2ccccc2)cc(OC)c1. The second-order valence-electron chi connectivity index (χ2n) is 5.94. The largest absolute Gasteiger partial charge is 0.497 e. The van der Waals surface area contributed by atoms with Gasteiger partial charge in [0, 0.05) is 31.7 Å². The van der Waals surface area contributed by atoms with E-state index in [1.54, 1.807) is 43.4 Å². The summed E-state index contributed by atoms with van der Waals surface area (Å²) >= 11 is 0. The van der Waals surface area contributed by atoms with Crippen molar-refractivity contribution in [3.8, 4) is 11.5 Å². The zero-order chi connectivity index (χ0) is 19.6. The molecule has 2 rings (SSSR count). The predicted molar refractivity (Wildman–Crippen MR) is 104 cm³/mol. The Morgan fingerprint density at radius 2 is 1.67 bits per heavy atom. The van der Waals surface area contributed by atoms with Crippen LogP contribution in [0.25, 0.3) is 6.08 Å². The Kier molecular flexibility index (Phi) is 7.43. The Balaban J connectivity index is 2.16. The molecule has 0 atom stereocenters. The minimum Gasteiger partial charge on any atom is -0.497 e. The topological polar surface area (TPSA) is 81.9 Å². The summed E-state index contributed by atoms with van der Waals surface area (Å²) in [7, 11) is 3.14. The maximum atomic E-state index is 12.7. The third kappa shape index (κ3) is 6.51. The third-order valence-corrected chi connectivity index (χ3v) is 3.95. The minimum absolute atomic E-state index is 0.111. The molecule has 0 aromatic heterocycles. The first kappa shape index (κ1) is 20.0. The lowest BCUT2D eigenvalue weighted by atomic mass is 10.1. The van der Waals surface area contributed by atoms with Gasteiger partial charge >= 0.3 is 0 Å². The Hall–Kier alpha value is -3.28. The van der Waals surface area contributed by atoms with Crippen LogP contribution in [0.5, 0.6) is 11.5 Å². The maximum Gasteiger partial charge on any atom is 0.246 e. The van der Waals surface area contributed by atoms with Crippen molar-refractivity contribution in [3.05, 3.63) is 65.7 Å². The fourth-order valence-corrected chi connectivity index (χ4v) is 2.51. The molecule has 0 heterocycles. The van der Waals surface area contributed by atoms with Crippen LogP contribution in [0.1, 0.15) is 17.5 Å². The molecule has 2 aromatic carbocycles. The molecule has 0 saturated heterocycles. The molecule has 2 N–H and O–H groups in total. The van der Waals surface area contributed by atoms with Crippen LogP contribution >= 0.6 is 0 Å². The molecule has 0 aliphatic rings. The molecule has 2 aromatic rings. The van der Waals surface area contributed by atoms with Crippen molar-refractivity contribution >= 4 is 17.9 Å². The third-order valence-electron chi connectivity index (χ3n) is 3.95. The van der Waals surface area contributed by atoms with E-state index in [9.17, 15) is 9.59 Å². The first-order chi connectivity index (χ1) is 13.0. The fraction of sp³-hybridized carbons (Fsp3) is 0.238. The quantitative estimate of drug-likeness (QED) is 0.690. The minimum atomic E-state index is -0.442. The summed E-state index contributed by atoms with van der Waals surface area (Å²) in [4.78, 5) is 25.4. The zero-order valence-corrected chi connectivity index (χ0v) is 15.6. The van der Waals surface area contributed by atoms with Gasteiger partial charge < -0.3 is 20.1 Å². The highest BCUT2D eigenvalue weighted by Crippen LogP contribution is 2.23. The molecule has 2 amide bonds. The molecule has 0 fully saturated rings. The second kappa shape index (κ2) is 10.0. The highest BCUT2D eigenvalue weighted by Gasteiger charge is 2.12.